The number of benzene rings is 1. The van der Waals surface area contributed by atoms with Gasteiger partial charge >= 0.3 is 0 Å². The molecule has 0 radical (unpaired) electrons. The maximum Gasteiger partial charge on any atom is 0.230 e. The van der Waals surface area contributed by atoms with Gasteiger partial charge in [-0.25, -0.2) is 4.39 Å². The highest BCUT2D eigenvalue weighted by molar-refractivity contribution is 5.94. The summed E-state index contributed by atoms with van der Waals surface area (Å²) in [4.78, 5) is 17.2. The first-order valence-corrected chi connectivity index (χ1v) is 9.79. The number of amides is 1. The van der Waals surface area contributed by atoms with Crippen LogP contribution >= 0.6 is 0 Å². The molecule has 1 aliphatic rings. The minimum Gasteiger partial charge on any atom is -0.493 e. The van der Waals surface area contributed by atoms with Crippen LogP contribution in [0.3, 0.4) is 0 Å². The number of aliphatic hydroxyl groups excluding tert-OH is 2. The van der Waals surface area contributed by atoms with E-state index in [0.29, 0.717) is 11.3 Å². The van der Waals surface area contributed by atoms with E-state index in [2.05, 4.69) is 10.3 Å². The first-order valence-electron chi connectivity index (χ1n) is 9.79. The van der Waals surface area contributed by atoms with Gasteiger partial charge in [0.2, 0.25) is 11.7 Å². The van der Waals surface area contributed by atoms with Crippen LogP contribution in [0.5, 0.6) is 5.75 Å². The number of aliphatic hydroxyl groups is 2. The maximum atomic E-state index is 14.5. The molecule has 168 valence electrons. The van der Waals surface area contributed by atoms with E-state index < -0.39 is 47.2 Å². The second-order valence-corrected chi connectivity index (χ2v) is 8.18. The number of carbonyl (C=O) groups excluding carboxylic acids is 1. The Labute approximate surface area is 179 Å². The monoisotopic (exact) mass is 436 g/mol. The topological polar surface area (TPSA) is 101 Å². The van der Waals surface area contributed by atoms with Gasteiger partial charge in [0.1, 0.15) is 6.10 Å². The summed E-state index contributed by atoms with van der Waals surface area (Å²) in [5.41, 5.74) is -1.07. The predicted molar refractivity (Wildman–Crippen MR) is 109 cm³/mol. The number of methoxy groups -OCH3 is 1. The van der Waals surface area contributed by atoms with Crippen molar-refractivity contribution in [1.29, 1.82) is 0 Å². The van der Waals surface area contributed by atoms with Gasteiger partial charge in [-0.05, 0) is 32.0 Å². The van der Waals surface area contributed by atoms with Crippen molar-refractivity contribution in [3.05, 3.63) is 53.4 Å². The third-order valence-electron chi connectivity index (χ3n) is 6.25. The van der Waals surface area contributed by atoms with Crippen molar-refractivity contribution in [3.63, 3.8) is 0 Å². The second-order valence-electron chi connectivity index (χ2n) is 8.18. The summed E-state index contributed by atoms with van der Waals surface area (Å²) >= 11 is 0. The molecule has 3 unspecified atom stereocenters. The van der Waals surface area contributed by atoms with Gasteiger partial charge in [0, 0.05) is 22.9 Å². The molecule has 2 aromatic rings. The number of anilines is 1. The molecule has 1 aromatic carbocycles. The molecular formula is C22H26F2N2O5. The van der Waals surface area contributed by atoms with Crippen molar-refractivity contribution >= 4 is 11.6 Å². The molecule has 1 aliphatic heterocycles. The van der Waals surface area contributed by atoms with E-state index in [-0.39, 0.29) is 18.1 Å². The van der Waals surface area contributed by atoms with E-state index in [1.165, 1.54) is 25.4 Å². The lowest BCUT2D eigenvalue weighted by molar-refractivity contribution is -0.121. The molecule has 0 bridgehead atoms. The van der Waals surface area contributed by atoms with Gasteiger partial charge in [-0.3, -0.25) is 9.78 Å². The fourth-order valence-corrected chi connectivity index (χ4v) is 4.05. The fraction of sp³-hybridized carbons (Fsp3) is 0.455. The van der Waals surface area contributed by atoms with Crippen LogP contribution in [0.4, 0.5) is 14.5 Å². The van der Waals surface area contributed by atoms with Crippen molar-refractivity contribution in [3.8, 4) is 5.75 Å². The van der Waals surface area contributed by atoms with E-state index in [0.717, 1.165) is 6.07 Å². The number of rotatable bonds is 6. The number of nitrogens with one attached hydrogen (secondary N) is 1. The lowest BCUT2D eigenvalue weighted by Gasteiger charge is -2.41. The molecule has 1 fully saturated rings. The summed E-state index contributed by atoms with van der Waals surface area (Å²) in [6, 6.07) is 5.42. The first kappa shape index (κ1) is 23.1. The lowest BCUT2D eigenvalue weighted by atomic mass is 9.64. The summed E-state index contributed by atoms with van der Waals surface area (Å²) in [5, 5.41) is 21.7. The van der Waals surface area contributed by atoms with Crippen molar-refractivity contribution in [2.75, 3.05) is 25.6 Å². The van der Waals surface area contributed by atoms with E-state index in [1.54, 1.807) is 26.8 Å². The smallest absolute Gasteiger partial charge is 0.230 e. The molecule has 1 amide bonds. The number of pyridine rings is 1. The fourth-order valence-electron chi connectivity index (χ4n) is 4.05. The minimum atomic E-state index is -1.18. The number of hydrogen-bond acceptors (Lipinski definition) is 6. The standard InChI is InChI=1S/C22H26F2N2O5/c1-21(2)22(3,13-5-6-15(23)18(24)19(13)30-4)14(11-31-21)20(29)26-12-7-8-25-16(9-12)17(28)10-27/h5-9,14,17,27-28H,10-11H2,1-4H3,(H,25,26,29). The van der Waals surface area contributed by atoms with Gasteiger partial charge in [-0.2, -0.15) is 4.39 Å². The molecule has 1 aromatic heterocycles. The molecule has 3 atom stereocenters. The van der Waals surface area contributed by atoms with Crippen LogP contribution in [0.15, 0.2) is 30.5 Å². The zero-order valence-corrected chi connectivity index (χ0v) is 17.8. The quantitative estimate of drug-likeness (QED) is 0.644. The van der Waals surface area contributed by atoms with Crippen LogP contribution in [0.2, 0.25) is 0 Å². The van der Waals surface area contributed by atoms with Crippen LogP contribution in [-0.4, -0.2) is 47.0 Å². The number of nitrogens with zero attached hydrogens (tertiary/aromatic N) is 1. The molecule has 31 heavy (non-hydrogen) atoms. The van der Waals surface area contributed by atoms with Crippen molar-refractivity contribution < 1.29 is 33.3 Å². The Bertz CT molecular complexity index is 984. The van der Waals surface area contributed by atoms with Gasteiger partial charge in [0.25, 0.3) is 0 Å². The zero-order valence-electron chi connectivity index (χ0n) is 17.8. The second kappa shape index (κ2) is 8.49. The summed E-state index contributed by atoms with van der Waals surface area (Å²) in [5.74, 6) is -3.61. The molecule has 0 aliphatic carbocycles. The summed E-state index contributed by atoms with van der Waals surface area (Å²) in [7, 11) is 1.24. The molecule has 3 rings (SSSR count). The lowest BCUT2D eigenvalue weighted by Crippen LogP contribution is -2.49. The Morgan fingerprint density at radius 1 is 1.35 bits per heavy atom. The normalized spacial score (nSPS) is 23.4. The van der Waals surface area contributed by atoms with E-state index >= 15 is 0 Å². The van der Waals surface area contributed by atoms with E-state index in [1.807, 2.05) is 0 Å². The first-order chi connectivity index (χ1) is 14.6. The molecule has 3 N–H and O–H groups in total. The summed E-state index contributed by atoms with van der Waals surface area (Å²) in [6.07, 6.45) is 0.221. The van der Waals surface area contributed by atoms with Crippen LogP contribution < -0.4 is 10.1 Å². The Morgan fingerprint density at radius 2 is 2.06 bits per heavy atom. The third-order valence-corrected chi connectivity index (χ3v) is 6.25. The van der Waals surface area contributed by atoms with Crippen LogP contribution in [0.1, 0.15) is 38.1 Å². The summed E-state index contributed by atoms with van der Waals surface area (Å²) < 4.78 is 39.4. The molecular weight excluding hydrogens is 410 g/mol. The zero-order chi connectivity index (χ0) is 23.0. The Kier molecular flexibility index (Phi) is 6.31. The van der Waals surface area contributed by atoms with Gasteiger partial charge in [-0.1, -0.05) is 13.0 Å². The highest BCUT2D eigenvalue weighted by Gasteiger charge is 2.58. The van der Waals surface area contributed by atoms with Gasteiger partial charge < -0.3 is 25.0 Å². The number of hydrogen-bond donors (Lipinski definition) is 3. The number of aromatic nitrogens is 1. The molecule has 9 heteroatoms. The Morgan fingerprint density at radius 3 is 2.71 bits per heavy atom. The molecule has 7 nitrogen and oxygen atoms in total. The van der Waals surface area contributed by atoms with Gasteiger partial charge in [0.15, 0.2) is 11.6 Å². The average molecular weight is 436 g/mol. The van der Waals surface area contributed by atoms with Gasteiger partial charge in [0.05, 0.1) is 37.5 Å². The maximum absolute atomic E-state index is 14.5. The summed E-state index contributed by atoms with van der Waals surface area (Å²) in [6.45, 7) is 4.86. The minimum absolute atomic E-state index is 0.0503. The molecule has 1 saturated heterocycles. The van der Waals surface area contributed by atoms with Crippen LogP contribution in [0, 0.1) is 17.6 Å². The Balaban J connectivity index is 2.00. The highest BCUT2D eigenvalue weighted by Crippen LogP contribution is 2.52. The SMILES string of the molecule is COc1c(C2(C)C(C(=O)Nc3ccnc(C(O)CO)c3)COC2(C)C)ccc(F)c1F. The van der Waals surface area contributed by atoms with Gasteiger partial charge in [-0.15, -0.1) is 0 Å². The molecule has 0 saturated carbocycles. The molecule has 2 heterocycles. The largest absolute Gasteiger partial charge is 0.493 e. The molecule has 0 spiro atoms. The Hall–Kier alpha value is -2.62. The van der Waals surface area contributed by atoms with E-state index in [9.17, 15) is 18.7 Å². The van der Waals surface area contributed by atoms with Crippen LogP contribution in [-0.2, 0) is 14.9 Å². The average Bonchev–Trinajstić information content (AvgIpc) is 2.99. The van der Waals surface area contributed by atoms with Crippen molar-refractivity contribution in [1.82, 2.24) is 4.98 Å². The number of ether oxygens (including phenoxy) is 2. The highest BCUT2D eigenvalue weighted by atomic mass is 19.2. The number of carbonyl (C=O) groups is 1. The van der Waals surface area contributed by atoms with Crippen LogP contribution in [0.25, 0.3) is 0 Å². The van der Waals surface area contributed by atoms with Crippen molar-refractivity contribution in [2.24, 2.45) is 5.92 Å². The van der Waals surface area contributed by atoms with Crippen molar-refractivity contribution in [2.45, 2.75) is 37.9 Å². The third kappa shape index (κ3) is 3.88. The van der Waals surface area contributed by atoms with E-state index in [4.69, 9.17) is 14.6 Å². The predicted octanol–water partition coefficient (Wildman–Crippen LogP) is 2.72. The number of halogens is 2.